The first-order valence-electron chi connectivity index (χ1n) is 5.94. The number of nitrogens with zero attached hydrogens (tertiary/aromatic N) is 1. The minimum Gasteiger partial charge on any atom is -0.378 e. The largest absolute Gasteiger partial charge is 0.378 e. The van der Waals surface area contributed by atoms with Gasteiger partial charge in [-0.25, -0.2) is 4.39 Å². The molecular weight excluding hydrogens is 266 g/mol. The van der Waals surface area contributed by atoms with E-state index in [4.69, 9.17) is 0 Å². The molecule has 0 heterocycles. The van der Waals surface area contributed by atoms with Crippen LogP contribution >= 0.6 is 0 Å². The van der Waals surface area contributed by atoms with Crippen molar-refractivity contribution in [1.82, 2.24) is 0 Å². The van der Waals surface area contributed by atoms with Crippen LogP contribution in [-0.2, 0) is 0 Å². The monoisotopic (exact) mass is 278 g/mol. The highest BCUT2D eigenvalue weighted by Gasteiger charge is 2.15. The molecule has 2 rings (SSSR count). The highest BCUT2D eigenvalue weighted by molar-refractivity contribution is 5.51. The van der Waals surface area contributed by atoms with Crippen LogP contribution in [0.2, 0.25) is 0 Å². The van der Waals surface area contributed by atoms with E-state index in [2.05, 4.69) is 5.32 Å². The van der Waals surface area contributed by atoms with E-state index < -0.39 is 22.5 Å². The summed E-state index contributed by atoms with van der Waals surface area (Å²) in [6.45, 7) is 1.72. The fraction of sp³-hybridized carbons (Fsp3) is 0.143. The molecule has 4 nitrogen and oxygen atoms in total. The summed E-state index contributed by atoms with van der Waals surface area (Å²) in [6, 6.07) is 9.33. The second-order valence-corrected chi connectivity index (χ2v) is 4.31. The summed E-state index contributed by atoms with van der Waals surface area (Å²) < 4.78 is 27.1. The van der Waals surface area contributed by atoms with Crippen molar-refractivity contribution in [2.24, 2.45) is 0 Å². The molecule has 0 bridgehead atoms. The molecule has 0 spiro atoms. The summed E-state index contributed by atoms with van der Waals surface area (Å²) in [5, 5.41) is 13.4. The molecule has 0 fully saturated rings. The number of nitrogens with one attached hydrogen (secondary N) is 1. The lowest BCUT2D eigenvalue weighted by Gasteiger charge is -2.16. The second kappa shape index (κ2) is 5.64. The number of nitro groups is 1. The van der Waals surface area contributed by atoms with Gasteiger partial charge in [0.2, 0.25) is 5.82 Å². The van der Waals surface area contributed by atoms with E-state index in [0.29, 0.717) is 11.3 Å². The molecule has 6 heteroatoms. The van der Waals surface area contributed by atoms with Gasteiger partial charge in [0.1, 0.15) is 5.82 Å². The van der Waals surface area contributed by atoms with Gasteiger partial charge >= 0.3 is 5.69 Å². The van der Waals surface area contributed by atoms with E-state index >= 15 is 0 Å². The molecule has 0 saturated carbocycles. The van der Waals surface area contributed by atoms with Gasteiger partial charge in [0.05, 0.1) is 11.0 Å². The van der Waals surface area contributed by atoms with Gasteiger partial charge in [0.15, 0.2) is 0 Å². The first kappa shape index (κ1) is 13.9. The summed E-state index contributed by atoms with van der Waals surface area (Å²) in [5.74, 6) is -1.30. The Labute approximate surface area is 114 Å². The Morgan fingerprint density at radius 2 is 1.85 bits per heavy atom. The summed E-state index contributed by atoms with van der Waals surface area (Å²) in [7, 11) is 0. The van der Waals surface area contributed by atoms with Gasteiger partial charge in [-0.15, -0.1) is 0 Å². The predicted octanol–water partition coefficient (Wildman–Crippen LogP) is 4.05. The van der Waals surface area contributed by atoms with Gasteiger partial charge in [0, 0.05) is 23.4 Å². The van der Waals surface area contributed by atoms with Crippen LogP contribution in [0.3, 0.4) is 0 Å². The van der Waals surface area contributed by atoms with Crippen LogP contribution < -0.4 is 5.32 Å². The molecule has 0 saturated heterocycles. The first-order chi connectivity index (χ1) is 9.49. The Morgan fingerprint density at radius 3 is 2.45 bits per heavy atom. The maximum Gasteiger partial charge on any atom is 0.304 e. The van der Waals surface area contributed by atoms with E-state index in [9.17, 15) is 18.9 Å². The number of nitro benzene ring substituents is 1. The molecule has 0 radical (unpaired) electrons. The summed E-state index contributed by atoms with van der Waals surface area (Å²) >= 11 is 0. The smallest absolute Gasteiger partial charge is 0.304 e. The molecule has 1 N–H and O–H groups in total. The lowest BCUT2D eigenvalue weighted by Crippen LogP contribution is -2.08. The Hall–Kier alpha value is -2.50. The maximum atomic E-state index is 13.6. The average Bonchev–Trinajstić information content (AvgIpc) is 2.38. The average molecular weight is 278 g/mol. The van der Waals surface area contributed by atoms with Crippen LogP contribution in [0.1, 0.15) is 18.5 Å². The Bertz CT molecular complexity index is 647. The minimum atomic E-state index is -0.930. The van der Waals surface area contributed by atoms with Gasteiger partial charge in [-0.2, -0.15) is 4.39 Å². The molecule has 0 aromatic heterocycles. The molecule has 1 atom stereocenters. The van der Waals surface area contributed by atoms with Crippen molar-refractivity contribution in [2.75, 3.05) is 5.32 Å². The van der Waals surface area contributed by atoms with Gasteiger partial charge in [-0.3, -0.25) is 10.1 Å². The molecule has 0 aliphatic carbocycles. The van der Waals surface area contributed by atoms with Crippen molar-refractivity contribution in [2.45, 2.75) is 13.0 Å². The quantitative estimate of drug-likeness (QED) is 0.678. The predicted molar refractivity (Wildman–Crippen MR) is 71.5 cm³/mol. The van der Waals surface area contributed by atoms with Crippen molar-refractivity contribution in [3.8, 4) is 0 Å². The third-order valence-corrected chi connectivity index (χ3v) is 2.90. The van der Waals surface area contributed by atoms with Crippen LogP contribution in [0, 0.1) is 21.7 Å². The van der Waals surface area contributed by atoms with Crippen molar-refractivity contribution in [3.63, 3.8) is 0 Å². The lowest BCUT2D eigenvalue weighted by atomic mass is 10.1. The highest BCUT2D eigenvalue weighted by Crippen LogP contribution is 2.25. The summed E-state index contributed by atoms with van der Waals surface area (Å²) in [6.07, 6.45) is 0. The molecule has 0 aliphatic heterocycles. The second-order valence-electron chi connectivity index (χ2n) is 4.31. The van der Waals surface area contributed by atoms with Crippen molar-refractivity contribution in [1.29, 1.82) is 0 Å². The van der Waals surface area contributed by atoms with Crippen LogP contribution in [0.5, 0.6) is 0 Å². The van der Waals surface area contributed by atoms with Gasteiger partial charge in [-0.1, -0.05) is 18.2 Å². The Balaban J connectivity index is 2.20. The Morgan fingerprint density at radius 1 is 1.15 bits per heavy atom. The molecule has 2 aromatic rings. The fourth-order valence-electron chi connectivity index (χ4n) is 1.90. The zero-order chi connectivity index (χ0) is 14.7. The van der Waals surface area contributed by atoms with E-state index in [1.54, 1.807) is 25.1 Å². The number of rotatable bonds is 4. The van der Waals surface area contributed by atoms with Gasteiger partial charge < -0.3 is 5.32 Å². The number of hydrogen-bond acceptors (Lipinski definition) is 3. The third kappa shape index (κ3) is 2.90. The molecule has 2 aromatic carbocycles. The van der Waals surface area contributed by atoms with Crippen LogP contribution in [-0.4, -0.2) is 4.92 Å². The fourth-order valence-corrected chi connectivity index (χ4v) is 1.90. The number of halogens is 2. The zero-order valence-electron chi connectivity index (χ0n) is 10.6. The standard InChI is InChI=1S/C14H12F2N2O2/c1-9(11-4-2-3-5-12(11)15)17-10-6-7-14(18(19)20)13(16)8-10/h2-9,17H,1H3. The van der Waals surface area contributed by atoms with Crippen LogP contribution in [0.15, 0.2) is 42.5 Å². The lowest BCUT2D eigenvalue weighted by molar-refractivity contribution is -0.387. The van der Waals surface area contributed by atoms with Crippen molar-refractivity contribution in [3.05, 3.63) is 69.8 Å². The molecule has 0 aliphatic rings. The number of hydrogen-bond donors (Lipinski definition) is 1. The maximum absolute atomic E-state index is 13.6. The van der Waals surface area contributed by atoms with Crippen LogP contribution in [0.4, 0.5) is 20.2 Å². The zero-order valence-corrected chi connectivity index (χ0v) is 10.6. The van der Waals surface area contributed by atoms with Crippen molar-refractivity contribution < 1.29 is 13.7 Å². The van der Waals surface area contributed by atoms with Gasteiger partial charge in [0.25, 0.3) is 0 Å². The van der Waals surface area contributed by atoms with E-state index in [1.807, 2.05) is 0 Å². The molecule has 20 heavy (non-hydrogen) atoms. The topological polar surface area (TPSA) is 55.2 Å². The summed E-state index contributed by atoms with van der Waals surface area (Å²) in [4.78, 5) is 9.72. The van der Waals surface area contributed by atoms with Crippen LogP contribution in [0.25, 0.3) is 0 Å². The van der Waals surface area contributed by atoms with E-state index in [1.165, 1.54) is 12.1 Å². The first-order valence-corrected chi connectivity index (χ1v) is 5.94. The van der Waals surface area contributed by atoms with E-state index in [-0.39, 0.29) is 5.82 Å². The molecular formula is C14H12F2N2O2. The molecule has 104 valence electrons. The molecule has 1 unspecified atom stereocenters. The Kier molecular flexibility index (Phi) is 3.93. The van der Waals surface area contributed by atoms with E-state index in [0.717, 1.165) is 12.1 Å². The van der Waals surface area contributed by atoms with Crippen molar-refractivity contribution >= 4 is 11.4 Å². The number of benzene rings is 2. The van der Waals surface area contributed by atoms with Gasteiger partial charge in [-0.05, 0) is 19.1 Å². The minimum absolute atomic E-state index is 0.351. The number of anilines is 1. The molecule has 0 amide bonds. The third-order valence-electron chi connectivity index (χ3n) is 2.90. The summed E-state index contributed by atoms with van der Waals surface area (Å²) in [5.41, 5.74) is 0.198. The highest BCUT2D eigenvalue weighted by atomic mass is 19.1. The normalized spacial score (nSPS) is 11.9. The SMILES string of the molecule is CC(Nc1ccc([N+](=O)[O-])c(F)c1)c1ccccc1F.